The van der Waals surface area contributed by atoms with E-state index in [2.05, 4.69) is 10.1 Å². The van der Waals surface area contributed by atoms with E-state index in [1.165, 1.54) is 7.05 Å². The Kier molecular flexibility index (Phi) is 5.44. The number of allylic oxidation sites excluding steroid dienone is 1. The number of hydrogen-bond acceptors (Lipinski definition) is 5. The number of rotatable bonds is 3. The summed E-state index contributed by atoms with van der Waals surface area (Å²) in [7, 11) is 1.21. The Morgan fingerprint density at radius 1 is 1.22 bits per heavy atom. The number of alkyl halides is 3. The third-order valence-corrected chi connectivity index (χ3v) is 6.24. The fourth-order valence-electron chi connectivity index (χ4n) is 3.46. The third-order valence-electron chi connectivity index (χ3n) is 4.94. The zero-order chi connectivity index (χ0) is 23.2. The molecule has 0 aliphatic rings. The topological polar surface area (TPSA) is 74.7 Å². The number of hydrogen-bond donors (Lipinski definition) is 1. The van der Waals surface area contributed by atoms with Crippen molar-refractivity contribution in [1.82, 2.24) is 14.8 Å². The predicted octanol–water partition coefficient (Wildman–Crippen LogP) is 6.63. The Bertz CT molecular complexity index is 1430. The van der Waals surface area contributed by atoms with Crippen molar-refractivity contribution in [3.63, 3.8) is 0 Å². The Balaban J connectivity index is 1.90. The minimum atomic E-state index is -4.87. The third kappa shape index (κ3) is 3.61. The van der Waals surface area contributed by atoms with E-state index in [0.29, 0.717) is 5.69 Å². The number of aliphatic hydroxyl groups excluding tert-OH is 1. The van der Waals surface area contributed by atoms with Gasteiger partial charge in [-0.15, -0.1) is 11.3 Å². The summed E-state index contributed by atoms with van der Waals surface area (Å²) in [5.41, 5.74) is -0.208. The second-order valence-corrected chi connectivity index (χ2v) is 8.20. The van der Waals surface area contributed by atoms with Gasteiger partial charge in [-0.3, -0.25) is 4.68 Å². The molecule has 0 atom stereocenters. The molecule has 5 nitrogen and oxygen atoms in total. The van der Waals surface area contributed by atoms with Crippen molar-refractivity contribution in [2.45, 2.75) is 13.1 Å². The van der Waals surface area contributed by atoms with Gasteiger partial charge in [0.1, 0.15) is 27.6 Å². The van der Waals surface area contributed by atoms with Gasteiger partial charge < -0.3 is 5.11 Å². The van der Waals surface area contributed by atoms with Crippen molar-refractivity contribution in [2.75, 3.05) is 0 Å². The van der Waals surface area contributed by atoms with Crippen molar-refractivity contribution < 1.29 is 18.3 Å². The minimum absolute atomic E-state index is 0.0698. The van der Waals surface area contributed by atoms with Crippen molar-refractivity contribution in [3.05, 3.63) is 68.8 Å². The second-order valence-electron chi connectivity index (χ2n) is 6.99. The van der Waals surface area contributed by atoms with Crippen LogP contribution < -0.4 is 0 Å². The molecular weight excluding hydrogens is 461 g/mol. The van der Waals surface area contributed by atoms with Crippen LogP contribution >= 0.6 is 22.9 Å². The molecule has 0 unspecified atom stereocenters. The fraction of sp³-hybridized carbons (Fsp3) is 0.136. The first-order chi connectivity index (χ1) is 15.1. The Hall–Kier alpha value is -3.35. The molecule has 0 fully saturated rings. The molecule has 0 aliphatic carbocycles. The number of aryl methyl sites for hydroxylation is 2. The van der Waals surface area contributed by atoms with Crippen LogP contribution in [0.5, 0.6) is 0 Å². The van der Waals surface area contributed by atoms with Gasteiger partial charge in [-0.2, -0.15) is 23.5 Å². The SMILES string of the molecule is Cc1ccc2ccccc2c1-c1csc(C(C#N)=C(O)c2c(C(F)(F)F)nn(C)c2Cl)n1. The normalized spacial score (nSPS) is 12.7. The molecule has 0 amide bonds. The Morgan fingerprint density at radius 2 is 1.94 bits per heavy atom. The fourth-order valence-corrected chi connectivity index (χ4v) is 4.48. The van der Waals surface area contributed by atoms with E-state index in [-0.39, 0.29) is 5.01 Å². The van der Waals surface area contributed by atoms with Crippen LogP contribution in [0.4, 0.5) is 13.2 Å². The van der Waals surface area contributed by atoms with Crippen LogP contribution in [0.25, 0.3) is 33.4 Å². The van der Waals surface area contributed by atoms with Gasteiger partial charge in [0.05, 0.1) is 11.3 Å². The van der Waals surface area contributed by atoms with Crippen LogP contribution in [0.1, 0.15) is 21.8 Å². The molecule has 0 aliphatic heterocycles. The van der Waals surface area contributed by atoms with Crippen LogP contribution in [0.3, 0.4) is 0 Å². The van der Waals surface area contributed by atoms with Crippen LogP contribution in [0, 0.1) is 18.3 Å². The standard InChI is InChI=1S/C22H14ClF3N4OS/c1-11-7-8-12-5-3-4-6-13(12)16(11)15-10-32-21(28-15)14(9-27)18(31)17-19(22(24,25)26)29-30(2)20(17)23/h3-8,10,31H,1-2H3. The number of nitriles is 1. The largest absolute Gasteiger partial charge is 0.506 e. The van der Waals surface area contributed by atoms with E-state index >= 15 is 0 Å². The highest BCUT2D eigenvalue weighted by atomic mass is 35.5. The van der Waals surface area contributed by atoms with Crippen molar-refractivity contribution in [3.8, 4) is 17.3 Å². The summed E-state index contributed by atoms with van der Waals surface area (Å²) in [5.74, 6) is -0.923. The van der Waals surface area contributed by atoms with Gasteiger partial charge in [0, 0.05) is 18.0 Å². The lowest BCUT2D eigenvalue weighted by molar-refractivity contribution is -0.141. The van der Waals surface area contributed by atoms with E-state index in [1.807, 2.05) is 43.3 Å². The van der Waals surface area contributed by atoms with Gasteiger partial charge >= 0.3 is 6.18 Å². The van der Waals surface area contributed by atoms with Gasteiger partial charge in [-0.1, -0.05) is 48.0 Å². The van der Waals surface area contributed by atoms with Crippen molar-refractivity contribution in [1.29, 1.82) is 5.26 Å². The van der Waals surface area contributed by atoms with E-state index in [0.717, 1.165) is 37.9 Å². The molecule has 0 spiro atoms. The monoisotopic (exact) mass is 474 g/mol. The maximum absolute atomic E-state index is 13.4. The molecule has 10 heteroatoms. The molecule has 2 aromatic carbocycles. The molecule has 4 rings (SSSR count). The first-order valence-electron chi connectivity index (χ1n) is 9.21. The predicted molar refractivity (Wildman–Crippen MR) is 118 cm³/mol. The zero-order valence-electron chi connectivity index (χ0n) is 16.7. The number of aliphatic hydroxyl groups is 1. The molecule has 2 aromatic heterocycles. The van der Waals surface area contributed by atoms with Gasteiger partial charge in [0.2, 0.25) is 0 Å². The van der Waals surface area contributed by atoms with Crippen LogP contribution in [0.15, 0.2) is 41.8 Å². The van der Waals surface area contributed by atoms with Crippen LogP contribution in [-0.2, 0) is 13.2 Å². The van der Waals surface area contributed by atoms with E-state index in [4.69, 9.17) is 11.6 Å². The second kappa shape index (κ2) is 7.97. The van der Waals surface area contributed by atoms with Crippen LogP contribution in [-0.4, -0.2) is 19.9 Å². The molecule has 0 radical (unpaired) electrons. The summed E-state index contributed by atoms with van der Waals surface area (Å²) < 4.78 is 41.1. The van der Waals surface area contributed by atoms with E-state index in [9.17, 15) is 23.5 Å². The molecule has 2 heterocycles. The van der Waals surface area contributed by atoms with E-state index < -0.39 is 33.9 Å². The average molecular weight is 475 g/mol. The van der Waals surface area contributed by atoms with Crippen LogP contribution in [0.2, 0.25) is 5.15 Å². The Labute approximate surface area is 189 Å². The molecule has 0 saturated carbocycles. The molecule has 0 saturated heterocycles. The maximum Gasteiger partial charge on any atom is 0.435 e. The minimum Gasteiger partial charge on any atom is -0.506 e. The number of fused-ring (bicyclic) bond motifs is 1. The maximum atomic E-state index is 13.4. The summed E-state index contributed by atoms with van der Waals surface area (Å²) in [6, 6.07) is 13.4. The van der Waals surface area contributed by atoms with Crippen molar-refractivity contribution in [2.24, 2.45) is 7.05 Å². The van der Waals surface area contributed by atoms with Crippen molar-refractivity contribution >= 4 is 45.0 Å². The summed E-state index contributed by atoms with van der Waals surface area (Å²) >= 11 is 7.01. The quantitative estimate of drug-likeness (QED) is 0.267. The van der Waals surface area contributed by atoms with Gasteiger partial charge in [-0.25, -0.2) is 4.98 Å². The molecule has 1 N–H and O–H groups in total. The number of aromatic nitrogens is 3. The number of nitrogens with zero attached hydrogens (tertiary/aromatic N) is 4. The van der Waals surface area contributed by atoms with Gasteiger partial charge in [0.25, 0.3) is 0 Å². The molecule has 32 heavy (non-hydrogen) atoms. The molecule has 4 aromatic rings. The first-order valence-corrected chi connectivity index (χ1v) is 10.5. The summed E-state index contributed by atoms with van der Waals surface area (Å²) in [4.78, 5) is 4.46. The number of benzene rings is 2. The lowest BCUT2D eigenvalue weighted by Gasteiger charge is -2.08. The highest BCUT2D eigenvalue weighted by Gasteiger charge is 2.40. The van der Waals surface area contributed by atoms with Gasteiger partial charge in [0.15, 0.2) is 5.69 Å². The zero-order valence-corrected chi connectivity index (χ0v) is 18.3. The lowest BCUT2D eigenvalue weighted by Crippen LogP contribution is -2.09. The Morgan fingerprint density at radius 3 is 2.62 bits per heavy atom. The smallest absolute Gasteiger partial charge is 0.435 e. The number of thiazole rings is 1. The van der Waals surface area contributed by atoms with Gasteiger partial charge in [-0.05, 0) is 23.3 Å². The molecule has 162 valence electrons. The average Bonchev–Trinajstić information content (AvgIpc) is 3.33. The van der Waals surface area contributed by atoms with E-state index in [1.54, 1.807) is 11.4 Å². The number of halogens is 4. The summed E-state index contributed by atoms with van der Waals surface area (Å²) in [6.07, 6.45) is -4.87. The first kappa shape index (κ1) is 21.9. The highest BCUT2D eigenvalue weighted by molar-refractivity contribution is 7.11. The summed E-state index contributed by atoms with van der Waals surface area (Å²) in [5, 5.41) is 26.9. The molecule has 0 bridgehead atoms. The molecular formula is C22H14ClF3N4OS. The summed E-state index contributed by atoms with van der Waals surface area (Å²) in [6.45, 7) is 1.92. The highest BCUT2D eigenvalue weighted by Crippen LogP contribution is 2.40. The lowest BCUT2D eigenvalue weighted by atomic mass is 9.98.